The van der Waals surface area contributed by atoms with Crippen LogP contribution < -0.4 is 11.1 Å². The van der Waals surface area contributed by atoms with Crippen LogP contribution in [-0.4, -0.2) is 23.4 Å². The lowest BCUT2D eigenvalue weighted by Crippen LogP contribution is -2.40. The van der Waals surface area contributed by atoms with Crippen LogP contribution in [0.5, 0.6) is 0 Å². The highest BCUT2D eigenvalue weighted by Gasteiger charge is 2.23. The highest BCUT2D eigenvalue weighted by atomic mass is 16.6. The molecule has 6 heteroatoms. The summed E-state index contributed by atoms with van der Waals surface area (Å²) in [5, 5.41) is 13.6. The predicted octanol–water partition coefficient (Wildman–Crippen LogP) is 1.37. The van der Waals surface area contributed by atoms with Gasteiger partial charge in [0, 0.05) is 18.7 Å². The van der Waals surface area contributed by atoms with Gasteiger partial charge in [-0.1, -0.05) is 19.1 Å². The standard InChI is InChI=1S/C12H17N3O3/c1-3-9(7-13)14-12(16)11-8(2)5-4-6-10(11)15(17)18/h4-6,9H,3,7,13H2,1-2H3,(H,14,16). The molecule has 18 heavy (non-hydrogen) atoms. The maximum absolute atomic E-state index is 12.0. The van der Waals surface area contributed by atoms with Crippen LogP contribution >= 0.6 is 0 Å². The normalized spacial score (nSPS) is 11.9. The van der Waals surface area contributed by atoms with Gasteiger partial charge in [-0.25, -0.2) is 0 Å². The second kappa shape index (κ2) is 6.11. The number of rotatable bonds is 5. The molecule has 1 aromatic rings. The van der Waals surface area contributed by atoms with Gasteiger partial charge in [0.15, 0.2) is 0 Å². The van der Waals surface area contributed by atoms with E-state index < -0.39 is 10.8 Å². The monoisotopic (exact) mass is 251 g/mol. The maximum Gasteiger partial charge on any atom is 0.282 e. The Morgan fingerprint density at radius 3 is 2.72 bits per heavy atom. The third-order valence-corrected chi connectivity index (χ3v) is 2.79. The first-order valence-electron chi connectivity index (χ1n) is 5.76. The number of hydrogen-bond acceptors (Lipinski definition) is 4. The minimum absolute atomic E-state index is 0.106. The Balaban J connectivity index is 3.08. The number of nitro groups is 1. The Morgan fingerprint density at radius 1 is 1.56 bits per heavy atom. The van der Waals surface area contributed by atoms with E-state index in [0.717, 1.165) is 0 Å². The molecule has 1 rings (SSSR count). The van der Waals surface area contributed by atoms with Crippen molar-refractivity contribution in [1.29, 1.82) is 0 Å². The Kier molecular flexibility index (Phi) is 4.79. The molecular formula is C12H17N3O3. The summed E-state index contributed by atoms with van der Waals surface area (Å²) in [4.78, 5) is 22.4. The first-order valence-corrected chi connectivity index (χ1v) is 5.76. The first kappa shape index (κ1) is 14.1. The Labute approximate surface area is 105 Å². The summed E-state index contributed by atoms with van der Waals surface area (Å²) in [5.74, 6) is -0.447. The molecule has 1 unspecified atom stereocenters. The van der Waals surface area contributed by atoms with Gasteiger partial charge < -0.3 is 11.1 Å². The summed E-state index contributed by atoms with van der Waals surface area (Å²) in [7, 11) is 0. The average molecular weight is 251 g/mol. The van der Waals surface area contributed by atoms with Crippen molar-refractivity contribution in [3.05, 3.63) is 39.4 Å². The molecule has 98 valence electrons. The van der Waals surface area contributed by atoms with Crippen molar-refractivity contribution in [3.8, 4) is 0 Å². The molecule has 0 bridgehead atoms. The van der Waals surface area contributed by atoms with E-state index >= 15 is 0 Å². The van der Waals surface area contributed by atoms with E-state index in [9.17, 15) is 14.9 Å². The van der Waals surface area contributed by atoms with Crippen molar-refractivity contribution in [2.24, 2.45) is 5.73 Å². The molecule has 0 fully saturated rings. The van der Waals surface area contributed by atoms with Gasteiger partial charge in [-0.05, 0) is 18.9 Å². The number of hydrogen-bond donors (Lipinski definition) is 2. The summed E-state index contributed by atoms with van der Waals surface area (Å²) in [5.41, 5.74) is 6.00. The van der Waals surface area contributed by atoms with Gasteiger partial charge in [0.1, 0.15) is 5.56 Å². The molecule has 0 aliphatic heterocycles. The summed E-state index contributed by atoms with van der Waals surface area (Å²) in [6.45, 7) is 3.87. The molecular weight excluding hydrogens is 234 g/mol. The topological polar surface area (TPSA) is 98.3 Å². The third-order valence-electron chi connectivity index (χ3n) is 2.79. The summed E-state index contributed by atoms with van der Waals surface area (Å²) in [6.07, 6.45) is 0.682. The Hall–Kier alpha value is -1.95. The third kappa shape index (κ3) is 3.04. The van der Waals surface area contributed by atoms with Gasteiger partial charge >= 0.3 is 0 Å². The van der Waals surface area contributed by atoms with Gasteiger partial charge in [0.25, 0.3) is 11.6 Å². The number of amides is 1. The summed E-state index contributed by atoms with van der Waals surface area (Å²) in [6, 6.07) is 4.39. The van der Waals surface area contributed by atoms with Gasteiger partial charge in [-0.2, -0.15) is 0 Å². The van der Waals surface area contributed by atoms with E-state index in [4.69, 9.17) is 5.73 Å². The number of nitro benzene ring substituents is 1. The largest absolute Gasteiger partial charge is 0.348 e. The highest BCUT2D eigenvalue weighted by molar-refractivity contribution is 5.99. The highest BCUT2D eigenvalue weighted by Crippen LogP contribution is 2.21. The molecule has 0 aromatic heterocycles. The average Bonchev–Trinajstić information content (AvgIpc) is 2.35. The quantitative estimate of drug-likeness (QED) is 0.610. The second-order valence-electron chi connectivity index (χ2n) is 4.04. The molecule has 1 aromatic carbocycles. The molecule has 0 saturated heterocycles. The lowest BCUT2D eigenvalue weighted by atomic mass is 10.1. The van der Waals surface area contributed by atoms with Crippen LogP contribution in [0.3, 0.4) is 0 Å². The molecule has 0 radical (unpaired) electrons. The van der Waals surface area contributed by atoms with E-state index in [1.165, 1.54) is 6.07 Å². The molecule has 0 aliphatic rings. The number of nitrogens with zero attached hydrogens (tertiary/aromatic N) is 1. The van der Waals surface area contributed by atoms with E-state index in [2.05, 4.69) is 5.32 Å². The van der Waals surface area contributed by atoms with E-state index in [-0.39, 0.29) is 17.3 Å². The van der Waals surface area contributed by atoms with E-state index in [1.54, 1.807) is 19.1 Å². The lowest BCUT2D eigenvalue weighted by Gasteiger charge is -2.15. The number of benzene rings is 1. The van der Waals surface area contributed by atoms with Gasteiger partial charge in [0.2, 0.25) is 0 Å². The van der Waals surface area contributed by atoms with Crippen molar-refractivity contribution in [1.82, 2.24) is 5.32 Å². The van der Waals surface area contributed by atoms with Gasteiger partial charge in [0.05, 0.1) is 4.92 Å². The zero-order chi connectivity index (χ0) is 13.7. The zero-order valence-electron chi connectivity index (χ0n) is 10.5. The lowest BCUT2D eigenvalue weighted by molar-refractivity contribution is -0.385. The first-order chi connectivity index (χ1) is 8.51. The fourth-order valence-corrected chi connectivity index (χ4v) is 1.69. The minimum atomic E-state index is -0.550. The predicted molar refractivity (Wildman–Crippen MR) is 68.4 cm³/mol. The summed E-state index contributed by atoms with van der Waals surface area (Å²) < 4.78 is 0. The van der Waals surface area contributed by atoms with Crippen LogP contribution in [0.25, 0.3) is 0 Å². The molecule has 1 amide bonds. The SMILES string of the molecule is CCC(CN)NC(=O)c1c(C)cccc1[N+](=O)[O-]. The van der Waals surface area contributed by atoms with Crippen molar-refractivity contribution in [3.63, 3.8) is 0 Å². The van der Waals surface area contributed by atoms with Crippen molar-refractivity contribution in [2.45, 2.75) is 26.3 Å². The van der Waals surface area contributed by atoms with E-state index in [0.29, 0.717) is 18.5 Å². The van der Waals surface area contributed by atoms with E-state index in [1.807, 2.05) is 6.92 Å². The molecule has 6 nitrogen and oxygen atoms in total. The Morgan fingerprint density at radius 2 is 2.22 bits per heavy atom. The number of carbonyl (C=O) groups excluding carboxylic acids is 1. The van der Waals surface area contributed by atoms with Gasteiger partial charge in [-0.3, -0.25) is 14.9 Å². The van der Waals surface area contributed by atoms with Crippen LogP contribution in [0.1, 0.15) is 29.3 Å². The number of carbonyl (C=O) groups is 1. The van der Waals surface area contributed by atoms with Gasteiger partial charge in [-0.15, -0.1) is 0 Å². The van der Waals surface area contributed by atoms with Crippen molar-refractivity contribution >= 4 is 11.6 Å². The maximum atomic E-state index is 12.0. The number of aryl methyl sites for hydroxylation is 1. The fraction of sp³-hybridized carbons (Fsp3) is 0.417. The molecule has 1 atom stereocenters. The number of nitrogens with two attached hydrogens (primary N) is 1. The minimum Gasteiger partial charge on any atom is -0.348 e. The summed E-state index contributed by atoms with van der Waals surface area (Å²) >= 11 is 0. The molecule has 0 spiro atoms. The van der Waals surface area contributed by atoms with Crippen molar-refractivity contribution < 1.29 is 9.72 Å². The van der Waals surface area contributed by atoms with Crippen LogP contribution in [0.4, 0.5) is 5.69 Å². The Bertz CT molecular complexity index is 456. The second-order valence-corrected chi connectivity index (χ2v) is 4.04. The van der Waals surface area contributed by atoms with Crippen LogP contribution in [0, 0.1) is 17.0 Å². The zero-order valence-corrected chi connectivity index (χ0v) is 10.5. The smallest absolute Gasteiger partial charge is 0.282 e. The molecule has 0 heterocycles. The van der Waals surface area contributed by atoms with Crippen LogP contribution in [0.15, 0.2) is 18.2 Å². The number of nitrogens with one attached hydrogen (secondary N) is 1. The van der Waals surface area contributed by atoms with Crippen LogP contribution in [0.2, 0.25) is 0 Å². The van der Waals surface area contributed by atoms with Crippen molar-refractivity contribution in [2.75, 3.05) is 6.54 Å². The molecule has 0 saturated carbocycles. The fourth-order valence-electron chi connectivity index (χ4n) is 1.69. The van der Waals surface area contributed by atoms with Crippen LogP contribution in [-0.2, 0) is 0 Å². The molecule has 3 N–H and O–H groups in total. The molecule has 0 aliphatic carbocycles.